The largest absolute Gasteiger partial charge is 0.465 e. The van der Waals surface area contributed by atoms with E-state index in [0.29, 0.717) is 20.6 Å². The van der Waals surface area contributed by atoms with Crippen LogP contribution in [-0.2, 0) is 31.1 Å². The van der Waals surface area contributed by atoms with Crippen LogP contribution in [0.3, 0.4) is 0 Å². The highest BCUT2D eigenvalue weighted by Gasteiger charge is 2.59. The van der Waals surface area contributed by atoms with E-state index < -0.39 is 22.6 Å². The lowest BCUT2D eigenvalue weighted by Crippen LogP contribution is -2.41. The van der Waals surface area contributed by atoms with Crippen molar-refractivity contribution in [3.63, 3.8) is 0 Å². The number of anilines is 1. The Morgan fingerprint density at radius 1 is 1.17 bits per heavy atom. The van der Waals surface area contributed by atoms with E-state index in [1.54, 1.807) is 31.2 Å². The number of esters is 1. The molecule has 0 bridgehead atoms. The number of imide groups is 1. The molecule has 0 unspecified atom stereocenters. The van der Waals surface area contributed by atoms with Crippen LogP contribution >= 0.6 is 34.7 Å². The van der Waals surface area contributed by atoms with Crippen molar-refractivity contribution in [2.24, 2.45) is 5.92 Å². The van der Waals surface area contributed by atoms with Crippen molar-refractivity contribution in [2.45, 2.75) is 43.0 Å². The van der Waals surface area contributed by atoms with Gasteiger partial charge in [0, 0.05) is 15.3 Å². The summed E-state index contributed by atoms with van der Waals surface area (Å²) < 4.78 is 6.33. The maximum Gasteiger partial charge on any atom is 0.326 e. The van der Waals surface area contributed by atoms with Crippen LogP contribution in [0.5, 0.6) is 0 Å². The molecule has 2 aliphatic heterocycles. The number of benzene rings is 1. The van der Waals surface area contributed by atoms with Crippen LogP contribution in [0.25, 0.3) is 0 Å². The molecule has 0 radical (unpaired) electrons. The van der Waals surface area contributed by atoms with Crippen LogP contribution in [0, 0.1) is 5.92 Å². The zero-order valence-corrected chi connectivity index (χ0v) is 18.9. The molecule has 4 rings (SSSR count). The third-order valence-corrected chi connectivity index (χ3v) is 8.46. The van der Waals surface area contributed by atoms with Crippen LogP contribution in [0.2, 0.25) is 5.02 Å². The number of fused-ring (bicyclic) bond motifs is 2. The van der Waals surface area contributed by atoms with Crippen LogP contribution in [0.15, 0.2) is 34.1 Å². The molecule has 0 aliphatic carbocycles. The van der Waals surface area contributed by atoms with Gasteiger partial charge in [0.2, 0.25) is 11.8 Å². The Bertz CT molecular complexity index is 1110. The first-order valence-corrected chi connectivity index (χ1v) is 11.4. The molecule has 158 valence electrons. The van der Waals surface area contributed by atoms with Crippen LogP contribution in [0.4, 0.5) is 5.69 Å². The van der Waals surface area contributed by atoms with Crippen LogP contribution < -0.4 is 9.77 Å². The quantitative estimate of drug-likeness (QED) is 0.508. The topological polar surface area (TPSA) is 85.7 Å². The van der Waals surface area contributed by atoms with Gasteiger partial charge in [0.25, 0.3) is 0 Å². The zero-order chi connectivity index (χ0) is 21.8. The Kier molecular flexibility index (Phi) is 5.32. The van der Waals surface area contributed by atoms with Crippen molar-refractivity contribution in [2.75, 3.05) is 11.5 Å². The highest BCUT2D eigenvalue weighted by molar-refractivity contribution is 8.00. The van der Waals surface area contributed by atoms with E-state index >= 15 is 0 Å². The van der Waals surface area contributed by atoms with Crippen molar-refractivity contribution in [1.82, 2.24) is 4.57 Å². The van der Waals surface area contributed by atoms with Crippen molar-refractivity contribution in [3.8, 4) is 0 Å². The summed E-state index contributed by atoms with van der Waals surface area (Å²) in [6, 6.07) is 6.54. The van der Waals surface area contributed by atoms with Gasteiger partial charge in [0.1, 0.15) is 11.8 Å². The van der Waals surface area contributed by atoms with Gasteiger partial charge >= 0.3 is 10.8 Å². The lowest BCUT2D eigenvalue weighted by molar-refractivity contribution is -0.144. The number of nitrogens with zero attached hydrogens (tertiary/aromatic N) is 2. The third-order valence-electron chi connectivity index (χ3n) is 5.38. The number of amides is 2. The monoisotopic (exact) mass is 466 g/mol. The summed E-state index contributed by atoms with van der Waals surface area (Å²) in [6.07, 6.45) is 0. The summed E-state index contributed by atoms with van der Waals surface area (Å²) in [4.78, 5) is 52.8. The predicted molar refractivity (Wildman–Crippen MR) is 115 cm³/mol. The van der Waals surface area contributed by atoms with Gasteiger partial charge in [-0.05, 0) is 31.2 Å². The molecule has 2 amide bonds. The molecule has 3 heterocycles. The zero-order valence-electron chi connectivity index (χ0n) is 16.5. The number of ether oxygens (including phenoxy) is 1. The average Bonchev–Trinajstić information content (AvgIpc) is 3.12. The second-order valence-corrected chi connectivity index (χ2v) is 10.1. The van der Waals surface area contributed by atoms with E-state index in [2.05, 4.69) is 0 Å². The van der Waals surface area contributed by atoms with Gasteiger partial charge in [0.15, 0.2) is 0 Å². The molecule has 2 atom stereocenters. The van der Waals surface area contributed by atoms with Gasteiger partial charge in [-0.15, -0.1) is 0 Å². The molecule has 0 spiro atoms. The normalized spacial score (nSPS) is 22.1. The molecule has 10 heteroatoms. The van der Waals surface area contributed by atoms with Crippen molar-refractivity contribution in [1.29, 1.82) is 0 Å². The second-order valence-electron chi connectivity index (χ2n) is 7.62. The smallest absolute Gasteiger partial charge is 0.326 e. The molecule has 1 fully saturated rings. The summed E-state index contributed by atoms with van der Waals surface area (Å²) in [5.74, 6) is -1.77. The number of halogens is 1. The summed E-state index contributed by atoms with van der Waals surface area (Å²) in [5, 5.41) is 0.386. The molecule has 30 heavy (non-hydrogen) atoms. The molecule has 0 saturated carbocycles. The Labute approximate surface area is 186 Å². The number of thiazole rings is 1. The first-order valence-electron chi connectivity index (χ1n) is 9.36. The summed E-state index contributed by atoms with van der Waals surface area (Å²) in [7, 11) is 0. The van der Waals surface area contributed by atoms with Gasteiger partial charge in [-0.2, -0.15) is 0 Å². The SMILES string of the molecule is CCOC(=O)Cn1c2c(sc1=O)C(C)(C)[C@H]1C(=O)N(c3ccc(Cl)cc3)C(=O)[C@H]1S2. The first kappa shape index (κ1) is 21.1. The van der Waals surface area contributed by atoms with Crippen LogP contribution in [-0.4, -0.2) is 34.2 Å². The highest BCUT2D eigenvalue weighted by atomic mass is 35.5. The third kappa shape index (κ3) is 3.19. The van der Waals surface area contributed by atoms with Crippen molar-refractivity contribution < 1.29 is 19.1 Å². The van der Waals surface area contributed by atoms with E-state index in [-0.39, 0.29) is 29.8 Å². The van der Waals surface area contributed by atoms with E-state index in [1.807, 2.05) is 13.8 Å². The Hall–Kier alpha value is -2.10. The summed E-state index contributed by atoms with van der Waals surface area (Å²) in [5.41, 5.74) is -0.282. The average molecular weight is 467 g/mol. The molecule has 1 aromatic heterocycles. The maximum absolute atomic E-state index is 13.3. The minimum atomic E-state index is -0.747. The van der Waals surface area contributed by atoms with Crippen molar-refractivity contribution >= 4 is 58.2 Å². The Morgan fingerprint density at radius 2 is 1.83 bits per heavy atom. The van der Waals surface area contributed by atoms with E-state index in [1.165, 1.54) is 21.2 Å². The molecule has 0 N–H and O–H groups in total. The van der Waals surface area contributed by atoms with Gasteiger partial charge in [-0.3, -0.25) is 23.7 Å². The fourth-order valence-corrected chi connectivity index (χ4v) is 7.11. The minimum absolute atomic E-state index is 0.215. The molecular weight excluding hydrogens is 448 g/mol. The number of hydrogen-bond donors (Lipinski definition) is 0. The number of thioether (sulfide) groups is 1. The van der Waals surface area contributed by atoms with Gasteiger partial charge in [0.05, 0.1) is 23.2 Å². The predicted octanol–water partition coefficient (Wildman–Crippen LogP) is 3.07. The highest BCUT2D eigenvalue weighted by Crippen LogP contribution is 2.54. The molecule has 2 aliphatic rings. The van der Waals surface area contributed by atoms with Crippen LogP contribution in [0.1, 0.15) is 25.6 Å². The standard InChI is InChI=1S/C20H19ClN2O5S2/c1-4-28-12(24)9-22-18-15(30-19(22)27)20(2,3)13-14(29-18)17(26)23(16(13)25)11-7-5-10(21)6-8-11/h5-8,13-14H,4,9H2,1-3H3/t13-,14+/m1/s1. The lowest BCUT2D eigenvalue weighted by Gasteiger charge is -2.36. The lowest BCUT2D eigenvalue weighted by atomic mass is 9.76. The summed E-state index contributed by atoms with van der Waals surface area (Å²) in [6.45, 7) is 5.42. The molecule has 1 saturated heterocycles. The number of rotatable bonds is 4. The molecular formula is C20H19ClN2O5S2. The van der Waals surface area contributed by atoms with Gasteiger partial charge < -0.3 is 4.74 Å². The van der Waals surface area contributed by atoms with E-state index in [9.17, 15) is 19.2 Å². The Morgan fingerprint density at radius 3 is 2.47 bits per heavy atom. The van der Waals surface area contributed by atoms with E-state index in [0.717, 1.165) is 11.3 Å². The first-order chi connectivity index (χ1) is 14.2. The molecule has 7 nitrogen and oxygen atoms in total. The van der Waals surface area contributed by atoms with Gasteiger partial charge in [-0.25, -0.2) is 4.90 Å². The number of aromatic nitrogens is 1. The Balaban J connectivity index is 1.75. The number of hydrogen-bond acceptors (Lipinski definition) is 7. The minimum Gasteiger partial charge on any atom is -0.465 e. The fourth-order valence-electron chi connectivity index (χ4n) is 3.95. The second kappa shape index (κ2) is 7.55. The van der Waals surface area contributed by atoms with Gasteiger partial charge in [-0.1, -0.05) is 48.5 Å². The maximum atomic E-state index is 13.3. The molecule has 2 aromatic rings. The summed E-state index contributed by atoms with van der Waals surface area (Å²) >= 11 is 8.13. The molecule has 1 aromatic carbocycles. The number of carbonyl (C=O) groups is 3. The number of carbonyl (C=O) groups excluding carboxylic acids is 3. The van der Waals surface area contributed by atoms with E-state index in [4.69, 9.17) is 16.3 Å². The van der Waals surface area contributed by atoms with Crippen molar-refractivity contribution in [3.05, 3.63) is 43.8 Å². The fraction of sp³-hybridized carbons (Fsp3) is 0.400.